The molecule has 5 atom stereocenters. The lowest BCUT2D eigenvalue weighted by molar-refractivity contribution is -0.277. The van der Waals surface area contributed by atoms with Crippen molar-refractivity contribution in [3.8, 4) is 16.9 Å². The number of aliphatic hydroxyl groups excluding tert-OH is 4. The quantitative estimate of drug-likeness (QED) is 0.483. The van der Waals surface area contributed by atoms with Gasteiger partial charge in [-0.1, -0.05) is 30.3 Å². The number of carbonyl (C=O) groups excluding carboxylic acids is 1. The highest BCUT2D eigenvalue weighted by Crippen LogP contribution is 2.33. The lowest BCUT2D eigenvalue weighted by Crippen LogP contribution is -2.60. The van der Waals surface area contributed by atoms with Gasteiger partial charge in [-0.2, -0.15) is 0 Å². The number of aliphatic hydroxyl groups is 4. The van der Waals surface area contributed by atoms with Crippen LogP contribution in [0.15, 0.2) is 48.5 Å². The van der Waals surface area contributed by atoms with E-state index in [1.54, 1.807) is 49.5 Å². The highest BCUT2D eigenvalue weighted by Gasteiger charge is 2.44. The molecule has 1 aliphatic heterocycles. The summed E-state index contributed by atoms with van der Waals surface area (Å²) >= 11 is 0. The SMILES string of the molecule is CNC(=O)c1cccc(-c2ccccc2OC2OC(CO)C(O)C(O)[C@@H]2O)c1. The molecular formula is C20H23NO7. The van der Waals surface area contributed by atoms with E-state index in [4.69, 9.17) is 9.47 Å². The second-order valence-electron chi connectivity index (χ2n) is 6.47. The predicted octanol–water partition coefficient (Wildman–Crippen LogP) is -0.108. The average molecular weight is 389 g/mol. The number of hydrogen-bond acceptors (Lipinski definition) is 7. The zero-order chi connectivity index (χ0) is 20.3. The van der Waals surface area contributed by atoms with Gasteiger partial charge in [0.1, 0.15) is 30.2 Å². The minimum Gasteiger partial charge on any atom is -0.461 e. The Kier molecular flexibility index (Phi) is 6.28. The summed E-state index contributed by atoms with van der Waals surface area (Å²) in [4.78, 5) is 11.9. The molecule has 1 amide bonds. The van der Waals surface area contributed by atoms with Crippen LogP contribution in [-0.4, -0.2) is 70.7 Å². The maximum Gasteiger partial charge on any atom is 0.251 e. The predicted molar refractivity (Wildman–Crippen MR) is 99.7 cm³/mol. The van der Waals surface area contributed by atoms with Crippen LogP contribution in [0.2, 0.25) is 0 Å². The van der Waals surface area contributed by atoms with Crippen LogP contribution < -0.4 is 10.1 Å². The molecule has 0 bridgehead atoms. The largest absolute Gasteiger partial charge is 0.461 e. The first-order chi connectivity index (χ1) is 13.5. The van der Waals surface area contributed by atoms with Crippen LogP contribution in [0.4, 0.5) is 0 Å². The smallest absolute Gasteiger partial charge is 0.251 e. The summed E-state index contributed by atoms with van der Waals surface area (Å²) in [6, 6.07) is 13.9. The first-order valence-corrected chi connectivity index (χ1v) is 8.85. The molecule has 1 aliphatic rings. The van der Waals surface area contributed by atoms with E-state index in [9.17, 15) is 25.2 Å². The monoisotopic (exact) mass is 389 g/mol. The van der Waals surface area contributed by atoms with E-state index in [0.29, 0.717) is 22.4 Å². The minimum absolute atomic E-state index is 0.228. The van der Waals surface area contributed by atoms with Gasteiger partial charge in [-0.3, -0.25) is 4.79 Å². The molecule has 0 aromatic heterocycles. The Morgan fingerprint density at radius 3 is 2.54 bits per heavy atom. The zero-order valence-electron chi connectivity index (χ0n) is 15.2. The topological polar surface area (TPSA) is 128 Å². The van der Waals surface area contributed by atoms with Gasteiger partial charge >= 0.3 is 0 Å². The fourth-order valence-electron chi connectivity index (χ4n) is 3.07. The van der Waals surface area contributed by atoms with Crippen LogP contribution >= 0.6 is 0 Å². The standard InChI is InChI=1S/C20H23NO7/c1-21-19(26)12-6-4-5-11(9-12)13-7-2-3-8-14(13)27-20-18(25)17(24)16(23)15(10-22)28-20/h2-9,15-18,20,22-25H,10H2,1H3,(H,21,26)/t15?,16?,17?,18-,20?/m0/s1. The summed E-state index contributed by atoms with van der Waals surface area (Å²) in [6.45, 7) is -0.541. The number of amides is 1. The van der Waals surface area contributed by atoms with Crippen molar-refractivity contribution in [3.63, 3.8) is 0 Å². The van der Waals surface area contributed by atoms with Gasteiger partial charge in [0.25, 0.3) is 5.91 Å². The van der Waals surface area contributed by atoms with E-state index in [1.165, 1.54) is 0 Å². The van der Waals surface area contributed by atoms with Gasteiger partial charge in [0.2, 0.25) is 6.29 Å². The maximum absolute atomic E-state index is 11.9. The van der Waals surface area contributed by atoms with Crippen molar-refractivity contribution in [3.05, 3.63) is 54.1 Å². The van der Waals surface area contributed by atoms with E-state index in [0.717, 1.165) is 0 Å². The molecule has 8 nitrogen and oxygen atoms in total. The molecule has 1 heterocycles. The molecule has 4 unspecified atom stereocenters. The Hall–Kier alpha value is -2.49. The van der Waals surface area contributed by atoms with E-state index in [2.05, 4.69) is 5.32 Å². The van der Waals surface area contributed by atoms with E-state index in [1.807, 2.05) is 6.07 Å². The number of nitrogens with one attached hydrogen (secondary N) is 1. The van der Waals surface area contributed by atoms with Gasteiger partial charge in [-0.15, -0.1) is 0 Å². The van der Waals surface area contributed by atoms with Crippen LogP contribution in [0.5, 0.6) is 5.75 Å². The average Bonchev–Trinajstić information content (AvgIpc) is 2.74. The number of rotatable bonds is 5. The van der Waals surface area contributed by atoms with Crippen molar-refractivity contribution in [2.45, 2.75) is 30.7 Å². The fourth-order valence-corrected chi connectivity index (χ4v) is 3.07. The van der Waals surface area contributed by atoms with Crippen molar-refractivity contribution in [2.24, 2.45) is 0 Å². The highest BCUT2D eigenvalue weighted by molar-refractivity contribution is 5.95. The van der Waals surface area contributed by atoms with E-state index >= 15 is 0 Å². The minimum atomic E-state index is -1.53. The Balaban J connectivity index is 1.90. The van der Waals surface area contributed by atoms with Gasteiger partial charge in [-0.25, -0.2) is 0 Å². The van der Waals surface area contributed by atoms with Crippen molar-refractivity contribution in [1.82, 2.24) is 5.32 Å². The van der Waals surface area contributed by atoms with Crippen LogP contribution in [0.3, 0.4) is 0 Å². The normalized spacial score (nSPS) is 27.2. The van der Waals surface area contributed by atoms with Crippen LogP contribution in [0.1, 0.15) is 10.4 Å². The lowest BCUT2D eigenvalue weighted by atomic mass is 9.99. The molecule has 0 saturated carbocycles. The van der Waals surface area contributed by atoms with Gasteiger partial charge in [-0.05, 0) is 23.8 Å². The van der Waals surface area contributed by atoms with Crippen molar-refractivity contribution >= 4 is 5.91 Å². The molecule has 3 rings (SSSR count). The third kappa shape index (κ3) is 4.01. The number of ether oxygens (including phenoxy) is 2. The van der Waals surface area contributed by atoms with Gasteiger partial charge in [0, 0.05) is 18.2 Å². The molecule has 150 valence electrons. The molecule has 0 aliphatic carbocycles. The van der Waals surface area contributed by atoms with Crippen LogP contribution in [-0.2, 0) is 4.74 Å². The molecule has 8 heteroatoms. The molecule has 0 spiro atoms. The summed E-state index contributed by atoms with van der Waals surface area (Å²) in [6.07, 6.45) is -6.85. The van der Waals surface area contributed by atoms with Crippen LogP contribution in [0.25, 0.3) is 11.1 Å². The Morgan fingerprint density at radius 2 is 1.82 bits per heavy atom. The lowest BCUT2D eigenvalue weighted by Gasteiger charge is -2.39. The molecule has 2 aromatic carbocycles. The third-order valence-corrected chi connectivity index (χ3v) is 4.64. The first-order valence-electron chi connectivity index (χ1n) is 8.85. The molecular weight excluding hydrogens is 366 g/mol. The van der Waals surface area contributed by atoms with E-state index in [-0.39, 0.29) is 5.91 Å². The molecule has 0 radical (unpaired) electrons. The Labute approximate surface area is 162 Å². The Bertz CT molecular complexity index is 826. The Morgan fingerprint density at radius 1 is 1.07 bits per heavy atom. The second-order valence-corrected chi connectivity index (χ2v) is 6.47. The number of hydrogen-bond donors (Lipinski definition) is 5. The van der Waals surface area contributed by atoms with Gasteiger partial charge in [0.15, 0.2) is 0 Å². The molecule has 28 heavy (non-hydrogen) atoms. The van der Waals surface area contributed by atoms with Crippen molar-refractivity contribution in [2.75, 3.05) is 13.7 Å². The maximum atomic E-state index is 11.9. The highest BCUT2D eigenvalue weighted by atomic mass is 16.7. The fraction of sp³-hybridized carbons (Fsp3) is 0.350. The zero-order valence-corrected chi connectivity index (χ0v) is 15.2. The third-order valence-electron chi connectivity index (χ3n) is 4.64. The van der Waals surface area contributed by atoms with Gasteiger partial charge < -0.3 is 35.2 Å². The van der Waals surface area contributed by atoms with Crippen molar-refractivity contribution in [1.29, 1.82) is 0 Å². The summed E-state index contributed by atoms with van der Waals surface area (Å²) in [5.74, 6) is 0.120. The summed E-state index contributed by atoms with van der Waals surface area (Å²) in [7, 11) is 1.55. The van der Waals surface area contributed by atoms with Crippen molar-refractivity contribution < 1.29 is 34.7 Å². The summed E-state index contributed by atoms with van der Waals surface area (Å²) in [5.41, 5.74) is 1.83. The second kappa shape index (κ2) is 8.68. The van der Waals surface area contributed by atoms with Gasteiger partial charge in [0.05, 0.1) is 6.61 Å². The molecule has 1 saturated heterocycles. The number of benzene rings is 2. The van der Waals surface area contributed by atoms with Crippen LogP contribution in [0, 0.1) is 0 Å². The summed E-state index contributed by atoms with van der Waals surface area (Å²) in [5, 5.41) is 41.9. The summed E-state index contributed by atoms with van der Waals surface area (Å²) < 4.78 is 11.2. The molecule has 1 fully saturated rings. The van der Waals surface area contributed by atoms with E-state index < -0.39 is 37.3 Å². The first kappa shape index (κ1) is 20.2. The number of carbonyl (C=O) groups is 1. The molecule has 5 N–H and O–H groups in total. The number of para-hydroxylation sites is 1. The molecule has 2 aromatic rings.